The van der Waals surface area contributed by atoms with Gasteiger partial charge in [0.1, 0.15) is 5.56 Å². The summed E-state index contributed by atoms with van der Waals surface area (Å²) in [5.74, 6) is -0.491. The van der Waals surface area contributed by atoms with Gasteiger partial charge in [-0.25, -0.2) is 4.79 Å². The average Bonchev–Trinajstić information content (AvgIpc) is 2.46. The van der Waals surface area contributed by atoms with Crippen molar-refractivity contribution in [2.24, 2.45) is 0 Å². The van der Waals surface area contributed by atoms with Crippen molar-refractivity contribution in [2.45, 2.75) is 6.92 Å². The standard InChI is InChI=1S/C14H13ClN2O3/c1-8-11(13(18)19-2)12(17-14(16-8)20-3)9-4-6-10(15)7-5-9/h4-7H,1-3H3. The molecule has 2 aromatic rings. The molecule has 0 atom stereocenters. The number of esters is 1. The van der Waals surface area contributed by atoms with Crippen LogP contribution in [-0.4, -0.2) is 30.2 Å². The molecule has 6 heteroatoms. The predicted octanol–water partition coefficient (Wildman–Crippen LogP) is 2.90. The molecule has 0 aliphatic rings. The van der Waals surface area contributed by atoms with Crippen molar-refractivity contribution in [3.8, 4) is 17.3 Å². The van der Waals surface area contributed by atoms with E-state index in [-0.39, 0.29) is 6.01 Å². The smallest absolute Gasteiger partial charge is 0.341 e. The number of ether oxygens (including phenoxy) is 2. The highest BCUT2D eigenvalue weighted by Crippen LogP contribution is 2.27. The quantitative estimate of drug-likeness (QED) is 0.814. The van der Waals surface area contributed by atoms with Gasteiger partial charge in [-0.15, -0.1) is 0 Å². The Morgan fingerprint density at radius 2 is 1.80 bits per heavy atom. The molecule has 1 aromatic heterocycles. The van der Waals surface area contributed by atoms with E-state index < -0.39 is 5.97 Å². The van der Waals surface area contributed by atoms with Crippen molar-refractivity contribution in [1.82, 2.24) is 9.97 Å². The Bertz CT molecular complexity index is 642. The van der Waals surface area contributed by atoms with Crippen molar-refractivity contribution in [1.29, 1.82) is 0 Å². The lowest BCUT2D eigenvalue weighted by Crippen LogP contribution is -2.10. The summed E-state index contributed by atoms with van der Waals surface area (Å²) in [7, 11) is 2.79. The van der Waals surface area contributed by atoms with E-state index in [1.807, 2.05) is 0 Å². The Kier molecular flexibility index (Phi) is 4.20. The molecule has 0 saturated carbocycles. The number of aryl methyl sites for hydroxylation is 1. The van der Waals surface area contributed by atoms with E-state index in [0.29, 0.717) is 22.0 Å². The van der Waals surface area contributed by atoms with E-state index in [4.69, 9.17) is 21.1 Å². The van der Waals surface area contributed by atoms with E-state index in [0.717, 1.165) is 5.56 Å². The number of benzene rings is 1. The van der Waals surface area contributed by atoms with Crippen molar-refractivity contribution in [2.75, 3.05) is 14.2 Å². The third-order valence-corrected chi connectivity index (χ3v) is 3.01. The highest BCUT2D eigenvalue weighted by atomic mass is 35.5. The molecule has 0 aliphatic heterocycles. The van der Waals surface area contributed by atoms with E-state index in [9.17, 15) is 4.79 Å². The minimum atomic E-state index is -0.491. The molecule has 1 heterocycles. The summed E-state index contributed by atoms with van der Waals surface area (Å²) in [5.41, 5.74) is 2.00. The summed E-state index contributed by atoms with van der Waals surface area (Å²) in [5, 5.41) is 0.603. The third kappa shape index (κ3) is 2.72. The summed E-state index contributed by atoms with van der Waals surface area (Å²) < 4.78 is 9.84. The van der Waals surface area contributed by atoms with Gasteiger partial charge in [0, 0.05) is 10.6 Å². The monoisotopic (exact) mass is 292 g/mol. The molecule has 0 fully saturated rings. The zero-order chi connectivity index (χ0) is 14.7. The highest BCUT2D eigenvalue weighted by molar-refractivity contribution is 6.30. The second-order valence-electron chi connectivity index (χ2n) is 4.02. The minimum absolute atomic E-state index is 0.195. The fourth-order valence-corrected chi connectivity index (χ4v) is 1.93. The molecular formula is C14H13ClN2O3. The fourth-order valence-electron chi connectivity index (χ4n) is 1.80. The van der Waals surface area contributed by atoms with Crippen LogP contribution in [0.25, 0.3) is 11.3 Å². The number of halogens is 1. The Morgan fingerprint density at radius 1 is 1.15 bits per heavy atom. The summed E-state index contributed by atoms with van der Waals surface area (Å²) >= 11 is 5.87. The zero-order valence-corrected chi connectivity index (χ0v) is 12.1. The molecule has 104 valence electrons. The normalized spacial score (nSPS) is 10.2. The van der Waals surface area contributed by atoms with E-state index in [2.05, 4.69) is 9.97 Å². The molecular weight excluding hydrogens is 280 g/mol. The van der Waals surface area contributed by atoms with Crippen LogP contribution in [-0.2, 0) is 4.74 Å². The number of nitrogens with zero attached hydrogens (tertiary/aromatic N) is 2. The number of hydrogen-bond donors (Lipinski definition) is 0. The first-order valence-electron chi connectivity index (χ1n) is 5.83. The Morgan fingerprint density at radius 3 is 2.35 bits per heavy atom. The van der Waals surface area contributed by atoms with Crippen LogP contribution in [0, 0.1) is 6.92 Å². The molecule has 0 amide bonds. The SMILES string of the molecule is COC(=O)c1c(C)nc(OC)nc1-c1ccc(Cl)cc1. The van der Waals surface area contributed by atoms with Crippen LogP contribution >= 0.6 is 11.6 Å². The number of methoxy groups -OCH3 is 2. The second-order valence-corrected chi connectivity index (χ2v) is 4.45. The predicted molar refractivity (Wildman–Crippen MR) is 75.1 cm³/mol. The fraction of sp³-hybridized carbons (Fsp3) is 0.214. The van der Waals surface area contributed by atoms with Gasteiger partial charge in [-0.3, -0.25) is 0 Å². The van der Waals surface area contributed by atoms with Gasteiger partial charge in [0.05, 0.1) is 25.6 Å². The molecule has 0 unspecified atom stereocenters. The molecule has 0 radical (unpaired) electrons. The molecule has 0 bridgehead atoms. The van der Waals surface area contributed by atoms with Gasteiger partial charge < -0.3 is 9.47 Å². The van der Waals surface area contributed by atoms with Crippen LogP contribution in [0.2, 0.25) is 5.02 Å². The molecule has 0 aliphatic carbocycles. The molecule has 0 N–H and O–H groups in total. The first-order chi connectivity index (χ1) is 9.56. The van der Waals surface area contributed by atoms with E-state index >= 15 is 0 Å². The first-order valence-corrected chi connectivity index (χ1v) is 6.21. The molecule has 0 spiro atoms. The lowest BCUT2D eigenvalue weighted by molar-refractivity contribution is 0.0599. The zero-order valence-electron chi connectivity index (χ0n) is 11.3. The average molecular weight is 293 g/mol. The van der Waals surface area contributed by atoms with E-state index in [1.165, 1.54) is 14.2 Å². The van der Waals surface area contributed by atoms with Gasteiger partial charge in [0.15, 0.2) is 0 Å². The Labute approximate surface area is 121 Å². The lowest BCUT2D eigenvalue weighted by Gasteiger charge is -2.11. The maximum Gasteiger partial charge on any atom is 0.341 e. The number of rotatable bonds is 3. The van der Waals surface area contributed by atoms with Crippen LogP contribution in [0.1, 0.15) is 16.1 Å². The van der Waals surface area contributed by atoms with Crippen molar-refractivity contribution < 1.29 is 14.3 Å². The van der Waals surface area contributed by atoms with Crippen molar-refractivity contribution in [3.05, 3.63) is 40.5 Å². The molecule has 5 nitrogen and oxygen atoms in total. The molecule has 0 saturated heterocycles. The van der Waals surface area contributed by atoms with Gasteiger partial charge in [0.25, 0.3) is 0 Å². The van der Waals surface area contributed by atoms with E-state index in [1.54, 1.807) is 31.2 Å². The topological polar surface area (TPSA) is 61.3 Å². The maximum absolute atomic E-state index is 11.9. The Balaban J connectivity index is 2.67. The molecule has 1 aromatic carbocycles. The molecule has 2 rings (SSSR count). The van der Waals surface area contributed by atoms with Gasteiger partial charge in [-0.2, -0.15) is 9.97 Å². The van der Waals surface area contributed by atoms with Gasteiger partial charge in [-0.05, 0) is 19.1 Å². The van der Waals surface area contributed by atoms with Gasteiger partial charge in [-0.1, -0.05) is 23.7 Å². The van der Waals surface area contributed by atoms with Crippen molar-refractivity contribution in [3.63, 3.8) is 0 Å². The summed E-state index contributed by atoms with van der Waals surface area (Å²) in [6.07, 6.45) is 0. The van der Waals surface area contributed by atoms with Crippen LogP contribution in [0.5, 0.6) is 6.01 Å². The molecule has 20 heavy (non-hydrogen) atoms. The second kappa shape index (κ2) is 5.88. The van der Waals surface area contributed by atoms with Crippen LogP contribution in [0.3, 0.4) is 0 Å². The Hall–Kier alpha value is -2.14. The maximum atomic E-state index is 11.9. The van der Waals surface area contributed by atoms with Crippen molar-refractivity contribution >= 4 is 17.6 Å². The number of carbonyl (C=O) groups excluding carboxylic acids is 1. The first kappa shape index (κ1) is 14.3. The third-order valence-electron chi connectivity index (χ3n) is 2.76. The van der Waals surface area contributed by atoms with Crippen LogP contribution in [0.4, 0.5) is 0 Å². The summed E-state index contributed by atoms with van der Waals surface area (Å²) in [6, 6.07) is 7.19. The lowest BCUT2D eigenvalue weighted by atomic mass is 10.0. The highest BCUT2D eigenvalue weighted by Gasteiger charge is 2.20. The summed E-state index contributed by atoms with van der Waals surface area (Å²) in [4.78, 5) is 20.3. The minimum Gasteiger partial charge on any atom is -0.467 e. The number of hydrogen-bond acceptors (Lipinski definition) is 5. The summed E-state index contributed by atoms with van der Waals surface area (Å²) in [6.45, 7) is 1.70. The largest absolute Gasteiger partial charge is 0.467 e. The number of aromatic nitrogens is 2. The van der Waals surface area contributed by atoms with Gasteiger partial charge >= 0.3 is 12.0 Å². The number of carbonyl (C=O) groups is 1. The van der Waals surface area contributed by atoms with Crippen LogP contribution in [0.15, 0.2) is 24.3 Å². The van der Waals surface area contributed by atoms with Crippen LogP contribution < -0.4 is 4.74 Å². The van der Waals surface area contributed by atoms with Gasteiger partial charge in [0.2, 0.25) is 0 Å².